The molecule has 420 valence electrons. The van der Waals surface area contributed by atoms with Crippen LogP contribution in [0.1, 0.15) is 309 Å². The molecule has 0 bridgehead atoms. The average Bonchev–Trinajstić information content (AvgIpc) is 3.37. The van der Waals surface area contributed by atoms with Crippen molar-refractivity contribution < 1.29 is 39.8 Å². The molecule has 0 spiro atoms. The van der Waals surface area contributed by atoms with Crippen LogP contribution in [0.5, 0.6) is 0 Å². The first-order chi connectivity index (χ1) is 34.8. The van der Waals surface area contributed by atoms with Crippen LogP contribution in [0.3, 0.4) is 0 Å². The van der Waals surface area contributed by atoms with Crippen LogP contribution in [-0.4, -0.2) is 87.5 Å². The van der Waals surface area contributed by atoms with E-state index in [1.807, 2.05) is 6.08 Å². The number of nitrogens with one attached hydrogen (secondary N) is 1. The molecule has 0 aromatic heterocycles. The summed E-state index contributed by atoms with van der Waals surface area (Å²) in [7, 11) is 0. The van der Waals surface area contributed by atoms with E-state index in [-0.39, 0.29) is 12.5 Å². The van der Waals surface area contributed by atoms with Crippen molar-refractivity contribution in [3.05, 3.63) is 24.3 Å². The van der Waals surface area contributed by atoms with Gasteiger partial charge in [-0.25, -0.2) is 0 Å². The zero-order valence-corrected chi connectivity index (χ0v) is 46.8. The molecular formula is C62H119NO8. The number of allylic oxidation sites excluding steroid dienone is 3. The fourth-order valence-corrected chi connectivity index (χ4v) is 10.1. The Bertz CT molecular complexity index is 1170. The first-order valence-corrected chi connectivity index (χ1v) is 31.1. The van der Waals surface area contributed by atoms with Crippen LogP contribution >= 0.6 is 0 Å². The molecule has 1 aliphatic heterocycles. The van der Waals surface area contributed by atoms with E-state index in [4.69, 9.17) is 9.47 Å². The van der Waals surface area contributed by atoms with E-state index in [1.54, 1.807) is 6.08 Å². The molecular weight excluding hydrogens is 887 g/mol. The maximum absolute atomic E-state index is 13.0. The van der Waals surface area contributed by atoms with Crippen molar-refractivity contribution in [2.45, 2.75) is 352 Å². The van der Waals surface area contributed by atoms with Gasteiger partial charge in [-0.05, 0) is 32.1 Å². The third kappa shape index (κ3) is 41.6. The van der Waals surface area contributed by atoms with E-state index < -0.39 is 49.5 Å². The number of aliphatic hydroxyl groups excluding tert-OH is 5. The van der Waals surface area contributed by atoms with Crippen LogP contribution in [0.2, 0.25) is 0 Å². The average molecular weight is 1010 g/mol. The SMILES string of the molecule is CCCCCCCCCCCCCCCCCCCCCCCCCCCCC/C=C/CC/C=C/C(O)C(COC1OC(CO)C(O)C(O)C1O)NC(=O)CCCCCCCCCCCCCCCCC. The second-order valence-corrected chi connectivity index (χ2v) is 21.9. The summed E-state index contributed by atoms with van der Waals surface area (Å²) in [5.74, 6) is -0.182. The Kier molecular flexibility index (Phi) is 49.7. The van der Waals surface area contributed by atoms with Gasteiger partial charge in [-0.1, -0.05) is 295 Å². The van der Waals surface area contributed by atoms with Crippen LogP contribution in [0.15, 0.2) is 24.3 Å². The maximum atomic E-state index is 13.0. The standard InChI is InChI=1S/C62H119NO8/c1-3-5-7-9-11-13-15-17-19-20-21-22-23-24-25-26-27-28-29-30-31-32-33-34-35-36-38-39-41-43-45-47-49-51-56(65)55(54-70-62-61(69)60(68)59(67)57(53-64)71-62)63-58(66)52-50-48-46-44-42-40-37-18-16-14-12-10-8-6-4-2/h41,43,49,51,55-57,59-62,64-65,67-69H,3-40,42,44-48,50,52-54H2,1-2H3,(H,63,66)/b43-41+,51-49+. The molecule has 1 amide bonds. The van der Waals surface area contributed by atoms with Crippen molar-refractivity contribution in [1.82, 2.24) is 5.32 Å². The monoisotopic (exact) mass is 1010 g/mol. The Hall–Kier alpha value is -1.33. The van der Waals surface area contributed by atoms with Gasteiger partial charge in [0.05, 0.1) is 25.4 Å². The predicted octanol–water partition coefficient (Wildman–Crippen LogP) is 15.7. The van der Waals surface area contributed by atoms with E-state index in [0.717, 1.165) is 38.5 Å². The molecule has 7 unspecified atom stereocenters. The molecule has 9 nitrogen and oxygen atoms in total. The summed E-state index contributed by atoms with van der Waals surface area (Å²) in [4.78, 5) is 13.0. The van der Waals surface area contributed by atoms with Gasteiger partial charge in [0.2, 0.25) is 5.91 Å². The number of hydrogen-bond donors (Lipinski definition) is 6. The van der Waals surface area contributed by atoms with Gasteiger partial charge >= 0.3 is 0 Å². The summed E-state index contributed by atoms with van der Waals surface area (Å²) in [6.07, 6.45) is 59.9. The smallest absolute Gasteiger partial charge is 0.220 e. The Balaban J connectivity index is 2.14. The summed E-state index contributed by atoms with van der Waals surface area (Å²) >= 11 is 0. The summed E-state index contributed by atoms with van der Waals surface area (Å²) in [6, 6.07) is -0.818. The van der Waals surface area contributed by atoms with E-state index in [1.165, 1.54) is 250 Å². The molecule has 0 aliphatic carbocycles. The molecule has 0 aromatic carbocycles. The number of amides is 1. The highest BCUT2D eigenvalue weighted by molar-refractivity contribution is 5.76. The molecule has 1 aliphatic rings. The predicted molar refractivity (Wildman–Crippen MR) is 300 cm³/mol. The third-order valence-corrected chi connectivity index (χ3v) is 15.0. The second kappa shape index (κ2) is 52.1. The highest BCUT2D eigenvalue weighted by Gasteiger charge is 2.44. The Labute approximate surface area is 439 Å². The van der Waals surface area contributed by atoms with Gasteiger partial charge in [-0.2, -0.15) is 0 Å². The third-order valence-electron chi connectivity index (χ3n) is 15.0. The van der Waals surface area contributed by atoms with Gasteiger partial charge in [0.25, 0.3) is 0 Å². The lowest BCUT2D eigenvalue weighted by Crippen LogP contribution is -2.60. The first-order valence-electron chi connectivity index (χ1n) is 31.1. The number of hydrogen-bond acceptors (Lipinski definition) is 8. The number of carbonyl (C=O) groups excluding carboxylic acids is 1. The number of rotatable bonds is 54. The number of unbranched alkanes of at least 4 members (excludes halogenated alkanes) is 42. The normalized spacial score (nSPS) is 19.3. The van der Waals surface area contributed by atoms with Gasteiger partial charge in [-0.15, -0.1) is 0 Å². The molecule has 7 atom stereocenters. The van der Waals surface area contributed by atoms with Crippen LogP contribution in [-0.2, 0) is 14.3 Å². The highest BCUT2D eigenvalue weighted by atomic mass is 16.7. The topological polar surface area (TPSA) is 149 Å². The summed E-state index contributed by atoms with van der Waals surface area (Å²) < 4.78 is 11.3. The van der Waals surface area contributed by atoms with Gasteiger partial charge in [-0.3, -0.25) is 4.79 Å². The Morgan fingerprint density at radius 1 is 0.465 bits per heavy atom. The Morgan fingerprint density at radius 3 is 1.18 bits per heavy atom. The molecule has 1 rings (SSSR count). The molecule has 1 heterocycles. The molecule has 0 radical (unpaired) electrons. The van der Waals surface area contributed by atoms with Crippen molar-refractivity contribution >= 4 is 5.91 Å². The quantitative estimate of drug-likeness (QED) is 0.0261. The molecule has 9 heteroatoms. The summed E-state index contributed by atoms with van der Waals surface area (Å²) in [5, 5.41) is 54.5. The fourth-order valence-electron chi connectivity index (χ4n) is 10.1. The van der Waals surface area contributed by atoms with Crippen molar-refractivity contribution in [3.63, 3.8) is 0 Å². The largest absolute Gasteiger partial charge is 0.394 e. The highest BCUT2D eigenvalue weighted by Crippen LogP contribution is 2.23. The van der Waals surface area contributed by atoms with Crippen LogP contribution in [0, 0.1) is 0 Å². The lowest BCUT2D eigenvalue weighted by atomic mass is 9.99. The van der Waals surface area contributed by atoms with Crippen LogP contribution in [0.4, 0.5) is 0 Å². The molecule has 71 heavy (non-hydrogen) atoms. The molecule has 0 saturated carbocycles. The van der Waals surface area contributed by atoms with E-state index in [9.17, 15) is 30.3 Å². The minimum Gasteiger partial charge on any atom is -0.394 e. The number of ether oxygens (including phenoxy) is 2. The molecule has 1 saturated heterocycles. The number of carbonyl (C=O) groups is 1. The zero-order valence-electron chi connectivity index (χ0n) is 46.8. The van der Waals surface area contributed by atoms with Gasteiger partial charge in [0.15, 0.2) is 6.29 Å². The molecule has 6 N–H and O–H groups in total. The van der Waals surface area contributed by atoms with Crippen molar-refractivity contribution in [2.75, 3.05) is 13.2 Å². The Morgan fingerprint density at radius 2 is 0.803 bits per heavy atom. The van der Waals surface area contributed by atoms with Crippen LogP contribution < -0.4 is 5.32 Å². The summed E-state index contributed by atoms with van der Waals surface area (Å²) in [5.41, 5.74) is 0. The van der Waals surface area contributed by atoms with Crippen molar-refractivity contribution in [3.8, 4) is 0 Å². The van der Waals surface area contributed by atoms with Gasteiger partial charge < -0.3 is 40.3 Å². The van der Waals surface area contributed by atoms with Crippen LogP contribution in [0.25, 0.3) is 0 Å². The zero-order chi connectivity index (χ0) is 51.5. The number of aliphatic hydroxyl groups is 5. The van der Waals surface area contributed by atoms with E-state index >= 15 is 0 Å². The lowest BCUT2D eigenvalue weighted by Gasteiger charge is -2.40. The minimum absolute atomic E-state index is 0.182. The van der Waals surface area contributed by atoms with Crippen molar-refractivity contribution in [1.29, 1.82) is 0 Å². The van der Waals surface area contributed by atoms with E-state index in [0.29, 0.717) is 6.42 Å². The lowest BCUT2D eigenvalue weighted by molar-refractivity contribution is -0.302. The minimum atomic E-state index is -1.57. The second-order valence-electron chi connectivity index (χ2n) is 21.9. The van der Waals surface area contributed by atoms with Gasteiger partial charge in [0.1, 0.15) is 24.4 Å². The van der Waals surface area contributed by atoms with E-state index in [2.05, 4.69) is 31.3 Å². The van der Waals surface area contributed by atoms with Crippen molar-refractivity contribution in [2.24, 2.45) is 0 Å². The first kappa shape index (κ1) is 67.7. The maximum Gasteiger partial charge on any atom is 0.220 e. The fraction of sp³-hybridized carbons (Fsp3) is 0.919. The van der Waals surface area contributed by atoms with Gasteiger partial charge in [0, 0.05) is 6.42 Å². The molecule has 1 fully saturated rings. The summed E-state index contributed by atoms with van der Waals surface area (Å²) in [6.45, 7) is 3.80. The molecule has 0 aromatic rings.